The highest BCUT2D eigenvalue weighted by Gasteiger charge is 2.25. The fraction of sp³-hybridized carbons (Fsp3) is 0.750. The second-order valence-electron chi connectivity index (χ2n) is 5.34. The molecule has 1 amide bonds. The molecule has 3 N–H and O–H groups in total. The van der Waals surface area contributed by atoms with E-state index in [1.54, 1.807) is 0 Å². The van der Waals surface area contributed by atoms with Gasteiger partial charge in [-0.15, -0.1) is 0 Å². The van der Waals surface area contributed by atoms with Crippen molar-refractivity contribution in [3.8, 4) is 0 Å². The minimum absolute atomic E-state index is 0.0473. The molecule has 1 aliphatic rings. The highest BCUT2D eigenvalue weighted by atomic mass is 16.6. The number of amides is 1. The quantitative estimate of drug-likeness (QED) is 0.698. The molecule has 0 aliphatic heterocycles. The Labute approximate surface area is 96.7 Å². The second kappa shape index (κ2) is 4.76. The third kappa shape index (κ3) is 4.13. The molecule has 0 radical (unpaired) electrons. The zero-order chi connectivity index (χ0) is 12.3. The van der Waals surface area contributed by atoms with Crippen molar-refractivity contribution in [2.45, 2.75) is 58.6 Å². The summed E-state index contributed by atoms with van der Waals surface area (Å²) < 4.78 is 5.18. The van der Waals surface area contributed by atoms with Gasteiger partial charge in [0.2, 0.25) is 5.76 Å². The lowest BCUT2D eigenvalue weighted by Crippen LogP contribution is -2.40. The zero-order valence-electron chi connectivity index (χ0n) is 10.5. The number of carbonyl (C=O) groups is 1. The molecule has 1 aliphatic carbocycles. The SMILES string of the molecule is CC1=C([OH2+])C[C@H](NC(=O)OC(C)(C)C)CC1. The van der Waals surface area contributed by atoms with E-state index in [9.17, 15) is 4.79 Å². The van der Waals surface area contributed by atoms with Crippen molar-refractivity contribution in [1.82, 2.24) is 5.32 Å². The van der Waals surface area contributed by atoms with E-state index < -0.39 is 5.60 Å². The molecule has 1 rings (SSSR count). The molecule has 0 saturated heterocycles. The van der Waals surface area contributed by atoms with E-state index in [2.05, 4.69) is 5.32 Å². The van der Waals surface area contributed by atoms with E-state index in [-0.39, 0.29) is 12.1 Å². The van der Waals surface area contributed by atoms with Gasteiger partial charge in [-0.25, -0.2) is 4.79 Å². The highest BCUT2D eigenvalue weighted by molar-refractivity contribution is 5.68. The minimum atomic E-state index is -0.464. The van der Waals surface area contributed by atoms with Gasteiger partial charge in [0.15, 0.2) is 0 Å². The molecule has 4 nitrogen and oxygen atoms in total. The number of rotatable bonds is 1. The first kappa shape index (κ1) is 12.9. The van der Waals surface area contributed by atoms with Gasteiger partial charge in [-0.2, -0.15) is 0 Å². The summed E-state index contributed by atoms with van der Waals surface area (Å²) in [5, 5.41) is 10.5. The van der Waals surface area contributed by atoms with Gasteiger partial charge in [0.25, 0.3) is 0 Å². The summed E-state index contributed by atoms with van der Waals surface area (Å²) in [6, 6.07) is 0.0473. The molecule has 0 spiro atoms. The molecule has 0 bridgehead atoms. The molecule has 0 aromatic heterocycles. The van der Waals surface area contributed by atoms with Crippen LogP contribution in [0, 0.1) is 0 Å². The lowest BCUT2D eigenvalue weighted by molar-refractivity contribution is 0.0497. The summed E-state index contributed by atoms with van der Waals surface area (Å²) in [5.41, 5.74) is 0.663. The van der Waals surface area contributed by atoms with Crippen LogP contribution in [0.2, 0.25) is 0 Å². The lowest BCUT2D eigenvalue weighted by Gasteiger charge is -2.25. The van der Waals surface area contributed by atoms with Gasteiger partial charge in [0.1, 0.15) is 5.60 Å². The molecule has 0 unspecified atom stereocenters. The standard InChI is InChI=1S/C12H21NO3/c1-8-5-6-9(7-10(8)14)13-11(15)16-12(2,3)4/h9,14H,5-7H2,1-4H3,(H,13,15)/p+1/t9-/m1/s1. The van der Waals surface area contributed by atoms with Gasteiger partial charge >= 0.3 is 6.09 Å². The van der Waals surface area contributed by atoms with E-state index in [0.717, 1.165) is 18.4 Å². The first-order valence-electron chi connectivity index (χ1n) is 5.67. The van der Waals surface area contributed by atoms with Crippen LogP contribution in [0.4, 0.5) is 4.79 Å². The van der Waals surface area contributed by atoms with Gasteiger partial charge in [-0.05, 0) is 40.5 Å². The smallest absolute Gasteiger partial charge is 0.407 e. The normalized spacial score (nSPS) is 21.9. The van der Waals surface area contributed by atoms with E-state index in [1.807, 2.05) is 27.7 Å². The maximum Gasteiger partial charge on any atom is 0.407 e. The van der Waals surface area contributed by atoms with E-state index in [0.29, 0.717) is 12.2 Å². The number of allylic oxidation sites excluding steroid dienone is 1. The Bertz CT molecular complexity index is 302. The summed E-state index contributed by atoms with van der Waals surface area (Å²) >= 11 is 0. The average Bonchev–Trinajstić information content (AvgIpc) is 2.08. The third-order valence-electron chi connectivity index (χ3n) is 2.55. The molecular formula is C12H22NO3+. The molecule has 0 aromatic rings. The Morgan fingerprint density at radius 2 is 2.12 bits per heavy atom. The number of hydrogen-bond acceptors (Lipinski definition) is 2. The van der Waals surface area contributed by atoms with E-state index in [4.69, 9.17) is 9.84 Å². The topological polar surface area (TPSA) is 61.2 Å². The van der Waals surface area contributed by atoms with Crippen LogP contribution in [-0.2, 0) is 4.74 Å². The van der Waals surface area contributed by atoms with E-state index >= 15 is 0 Å². The van der Waals surface area contributed by atoms with Crippen molar-refractivity contribution in [3.63, 3.8) is 0 Å². The predicted molar refractivity (Wildman–Crippen MR) is 63.3 cm³/mol. The van der Waals surface area contributed by atoms with Gasteiger partial charge < -0.3 is 15.2 Å². The molecule has 92 valence electrons. The van der Waals surface area contributed by atoms with Crippen molar-refractivity contribution >= 4 is 6.09 Å². The van der Waals surface area contributed by atoms with Gasteiger partial charge in [-0.1, -0.05) is 0 Å². The van der Waals surface area contributed by atoms with Crippen LogP contribution < -0.4 is 5.32 Å². The van der Waals surface area contributed by atoms with Gasteiger partial charge in [0.05, 0.1) is 6.42 Å². The maximum absolute atomic E-state index is 11.5. The Hall–Kier alpha value is -1.19. The van der Waals surface area contributed by atoms with Crippen molar-refractivity contribution in [1.29, 1.82) is 0 Å². The number of alkyl carbamates (subject to hydrolysis) is 1. The number of hydrogen-bond donors (Lipinski definition) is 1. The van der Waals surface area contributed by atoms with Crippen LogP contribution in [0.3, 0.4) is 0 Å². The summed E-state index contributed by atoms with van der Waals surface area (Å²) in [4.78, 5) is 11.5. The second-order valence-corrected chi connectivity index (χ2v) is 5.34. The first-order valence-corrected chi connectivity index (χ1v) is 5.67. The number of ether oxygens (including phenoxy) is 1. The number of carbonyl (C=O) groups excluding carboxylic acids is 1. The summed E-state index contributed by atoms with van der Waals surface area (Å²) in [5.74, 6) is 0.646. The van der Waals surface area contributed by atoms with Crippen LogP contribution in [0.25, 0.3) is 0 Å². The maximum atomic E-state index is 11.5. The minimum Gasteiger partial charge on any atom is -0.596 e. The fourth-order valence-electron chi connectivity index (χ4n) is 1.66. The third-order valence-corrected chi connectivity index (χ3v) is 2.55. The largest absolute Gasteiger partial charge is 0.596 e. The zero-order valence-corrected chi connectivity index (χ0v) is 10.5. The highest BCUT2D eigenvalue weighted by Crippen LogP contribution is 2.23. The first-order chi connectivity index (χ1) is 7.28. The van der Waals surface area contributed by atoms with Gasteiger partial charge in [-0.3, -0.25) is 0 Å². The van der Waals surface area contributed by atoms with Crippen LogP contribution in [-0.4, -0.2) is 22.8 Å². The Morgan fingerprint density at radius 1 is 1.50 bits per heavy atom. The Morgan fingerprint density at radius 3 is 2.62 bits per heavy atom. The average molecular weight is 228 g/mol. The van der Waals surface area contributed by atoms with Crippen molar-refractivity contribution < 1.29 is 14.6 Å². The van der Waals surface area contributed by atoms with Crippen LogP contribution in [0.5, 0.6) is 0 Å². The van der Waals surface area contributed by atoms with E-state index in [1.165, 1.54) is 0 Å². The van der Waals surface area contributed by atoms with Crippen LogP contribution in [0.1, 0.15) is 47.0 Å². The Kier molecular flexibility index (Phi) is 3.83. The van der Waals surface area contributed by atoms with Crippen molar-refractivity contribution in [2.24, 2.45) is 0 Å². The number of nitrogens with one attached hydrogen (secondary N) is 1. The molecule has 16 heavy (non-hydrogen) atoms. The molecule has 0 fully saturated rings. The van der Waals surface area contributed by atoms with Crippen LogP contribution >= 0.6 is 0 Å². The molecule has 0 heterocycles. The predicted octanol–water partition coefficient (Wildman–Crippen LogP) is 2.06. The molecule has 4 heteroatoms. The summed E-state index contributed by atoms with van der Waals surface area (Å²) in [7, 11) is 0. The fourth-order valence-corrected chi connectivity index (χ4v) is 1.66. The van der Waals surface area contributed by atoms with Crippen molar-refractivity contribution in [3.05, 3.63) is 11.3 Å². The molecule has 1 atom stereocenters. The molecule has 0 saturated carbocycles. The molecular weight excluding hydrogens is 206 g/mol. The summed E-state index contributed by atoms with van der Waals surface area (Å²) in [6.07, 6.45) is 2.02. The lowest BCUT2D eigenvalue weighted by atomic mass is 9.95. The van der Waals surface area contributed by atoms with Gasteiger partial charge in [0, 0.05) is 11.6 Å². The molecule has 0 aromatic carbocycles. The van der Waals surface area contributed by atoms with Crippen molar-refractivity contribution in [2.75, 3.05) is 0 Å². The van der Waals surface area contributed by atoms with Crippen LogP contribution in [0.15, 0.2) is 11.3 Å². The Balaban J connectivity index is 2.42. The summed E-state index contributed by atoms with van der Waals surface area (Å²) in [6.45, 7) is 7.50. The monoisotopic (exact) mass is 228 g/mol.